The number of alkyl halides is 1. The van der Waals surface area contributed by atoms with Gasteiger partial charge in [-0.05, 0) is 66.2 Å². The van der Waals surface area contributed by atoms with Crippen molar-refractivity contribution in [2.45, 2.75) is 18.8 Å². The van der Waals surface area contributed by atoms with Crippen molar-refractivity contribution in [2.75, 3.05) is 17.2 Å². The normalized spacial score (nSPS) is 11.8. The van der Waals surface area contributed by atoms with Gasteiger partial charge >= 0.3 is 5.97 Å². The Balaban J connectivity index is 0.000000157. The van der Waals surface area contributed by atoms with E-state index in [0.29, 0.717) is 16.7 Å². The Morgan fingerprint density at radius 3 is 2.08 bits per heavy atom. The molecule has 6 aromatic rings. The van der Waals surface area contributed by atoms with Crippen LogP contribution in [-0.2, 0) is 30.7 Å². The molecule has 14 heteroatoms. The molecular weight excluding hydrogens is 708 g/mol. The van der Waals surface area contributed by atoms with Gasteiger partial charge in [0.15, 0.2) is 0 Å². The van der Waals surface area contributed by atoms with Crippen molar-refractivity contribution in [1.29, 1.82) is 0 Å². The van der Waals surface area contributed by atoms with Gasteiger partial charge in [0.25, 0.3) is 17.3 Å². The summed E-state index contributed by atoms with van der Waals surface area (Å²) >= 11 is 3.13. The topological polar surface area (TPSA) is 169 Å². The van der Waals surface area contributed by atoms with Crippen molar-refractivity contribution in [3.63, 3.8) is 0 Å². The Hall–Kier alpha value is -6.02. The number of amides is 1. The van der Waals surface area contributed by atoms with Crippen molar-refractivity contribution >= 4 is 72.4 Å². The Labute approximate surface area is 294 Å². The van der Waals surface area contributed by atoms with E-state index >= 15 is 0 Å². The second kappa shape index (κ2) is 15.0. The van der Waals surface area contributed by atoms with Crippen LogP contribution in [0.2, 0.25) is 0 Å². The number of benzene rings is 4. The number of fused-ring (bicyclic) bond motifs is 3. The number of halogens is 1. The number of hydrogen-bond donors (Lipinski definition) is 1. The molecule has 1 aliphatic heterocycles. The summed E-state index contributed by atoms with van der Waals surface area (Å²) in [6.07, 6.45) is 3.99. The third-order valence-corrected chi connectivity index (χ3v) is 8.77. The van der Waals surface area contributed by atoms with Gasteiger partial charge in [0.05, 0.1) is 45.3 Å². The SMILES string of the molecule is CCOC(=O)c1cccc([N+](=O)[O-])c1CBr.Cn1ccc2ccc(N)cc21.Cn1ccc2ccc(N3Cc4c(cccc4[N+](=O)[O-])C3=O)cc21. The van der Waals surface area contributed by atoms with Gasteiger partial charge < -0.3 is 24.5 Å². The van der Waals surface area contributed by atoms with Gasteiger partial charge in [-0.3, -0.25) is 25.0 Å². The van der Waals surface area contributed by atoms with Crippen LogP contribution in [0, 0.1) is 20.2 Å². The van der Waals surface area contributed by atoms with Crippen molar-refractivity contribution in [3.8, 4) is 0 Å². The summed E-state index contributed by atoms with van der Waals surface area (Å²) in [4.78, 5) is 46.7. The molecule has 2 N–H and O–H groups in total. The number of nitrogens with two attached hydrogens (primary N) is 1. The van der Waals surface area contributed by atoms with Gasteiger partial charge in [-0.15, -0.1) is 0 Å². The fourth-order valence-corrected chi connectivity index (χ4v) is 6.27. The Bertz CT molecular complexity index is 2260. The number of carbonyl (C=O) groups is 2. The molecule has 0 saturated carbocycles. The number of hydrogen-bond acceptors (Lipinski definition) is 8. The summed E-state index contributed by atoms with van der Waals surface area (Å²) in [5.41, 5.74) is 10.8. The molecule has 0 saturated heterocycles. The van der Waals surface area contributed by atoms with Gasteiger partial charge in [-0.25, -0.2) is 4.79 Å². The molecule has 3 heterocycles. The summed E-state index contributed by atoms with van der Waals surface area (Å²) in [5, 5.41) is 24.5. The number of rotatable bonds is 6. The van der Waals surface area contributed by atoms with E-state index in [1.807, 2.05) is 73.5 Å². The molecule has 0 aliphatic carbocycles. The first-order valence-corrected chi connectivity index (χ1v) is 16.5. The number of anilines is 2. The van der Waals surface area contributed by atoms with E-state index in [1.165, 1.54) is 35.2 Å². The Morgan fingerprint density at radius 2 is 1.46 bits per heavy atom. The predicted octanol–water partition coefficient (Wildman–Crippen LogP) is 7.67. The van der Waals surface area contributed by atoms with Crippen LogP contribution in [0.4, 0.5) is 22.7 Å². The van der Waals surface area contributed by atoms with E-state index in [1.54, 1.807) is 24.0 Å². The quantitative estimate of drug-likeness (QED) is 0.0596. The minimum absolute atomic E-state index is 0.00158. The number of nitro groups is 2. The van der Waals surface area contributed by atoms with E-state index in [9.17, 15) is 29.8 Å². The van der Waals surface area contributed by atoms with Crippen LogP contribution in [-0.4, -0.2) is 37.5 Å². The first-order chi connectivity index (χ1) is 23.9. The molecule has 0 atom stereocenters. The molecule has 0 radical (unpaired) electrons. The van der Waals surface area contributed by atoms with Gasteiger partial charge in [-0.2, -0.15) is 0 Å². The maximum absolute atomic E-state index is 12.6. The van der Waals surface area contributed by atoms with Crippen LogP contribution in [0.3, 0.4) is 0 Å². The summed E-state index contributed by atoms with van der Waals surface area (Å²) < 4.78 is 8.87. The van der Waals surface area contributed by atoms with Crippen molar-refractivity contribution in [2.24, 2.45) is 14.1 Å². The average molecular weight is 742 g/mol. The molecule has 0 unspecified atom stereocenters. The van der Waals surface area contributed by atoms with E-state index in [4.69, 9.17) is 10.5 Å². The van der Waals surface area contributed by atoms with Crippen LogP contribution in [0.25, 0.3) is 21.8 Å². The summed E-state index contributed by atoms with van der Waals surface area (Å²) in [6.45, 7) is 2.15. The summed E-state index contributed by atoms with van der Waals surface area (Å²) in [7, 11) is 3.96. The predicted molar refractivity (Wildman–Crippen MR) is 196 cm³/mol. The Kier molecular flexibility index (Phi) is 10.6. The highest BCUT2D eigenvalue weighted by atomic mass is 79.9. The molecule has 1 amide bonds. The van der Waals surface area contributed by atoms with Crippen LogP contribution >= 0.6 is 15.9 Å². The fraction of sp³-hybridized carbons (Fsp3) is 0.167. The number of nitro benzene ring substituents is 2. The van der Waals surface area contributed by atoms with Crippen molar-refractivity contribution in [1.82, 2.24) is 9.13 Å². The zero-order valence-electron chi connectivity index (χ0n) is 27.4. The van der Waals surface area contributed by atoms with Gasteiger partial charge in [0.1, 0.15) is 0 Å². The number of esters is 1. The van der Waals surface area contributed by atoms with Crippen molar-refractivity contribution in [3.05, 3.63) is 140 Å². The minimum Gasteiger partial charge on any atom is -0.462 e. The second-order valence-electron chi connectivity index (χ2n) is 11.3. The molecule has 1 aliphatic rings. The molecule has 13 nitrogen and oxygen atoms in total. The molecule has 4 aromatic carbocycles. The highest BCUT2D eigenvalue weighted by Gasteiger charge is 2.34. The lowest BCUT2D eigenvalue weighted by Crippen LogP contribution is -2.22. The first-order valence-electron chi connectivity index (χ1n) is 15.4. The van der Waals surface area contributed by atoms with Crippen LogP contribution < -0.4 is 10.6 Å². The smallest absolute Gasteiger partial charge is 0.338 e. The monoisotopic (exact) mass is 740 g/mol. The van der Waals surface area contributed by atoms with Crippen LogP contribution in [0.1, 0.15) is 38.8 Å². The van der Waals surface area contributed by atoms with Crippen LogP contribution in [0.15, 0.2) is 97.3 Å². The lowest BCUT2D eigenvalue weighted by Gasteiger charge is -2.16. The molecule has 50 heavy (non-hydrogen) atoms. The highest BCUT2D eigenvalue weighted by molar-refractivity contribution is 9.08. The standard InChI is InChI=1S/C17H13N3O3.C10H10BrNO4.C9H10N2/c1-18-8-7-11-5-6-12(9-16(11)18)19-10-14-13(17(19)21)3-2-4-15(14)20(22)23;1-2-16-10(13)7-4-3-5-9(12(14)15)8(7)6-11;1-11-5-4-7-2-3-8(10)6-9(7)11/h2-9H,10H2,1H3;3-5H,2,6H2,1H3;2-6H,10H2,1H3. The number of nitrogens with zero attached hydrogens (tertiary/aromatic N) is 5. The fourth-order valence-electron chi connectivity index (χ4n) is 5.68. The van der Waals surface area contributed by atoms with E-state index in [0.717, 1.165) is 22.3 Å². The highest BCUT2D eigenvalue weighted by Crippen LogP contribution is 2.35. The molecule has 2 aromatic heterocycles. The summed E-state index contributed by atoms with van der Waals surface area (Å²) in [6, 6.07) is 24.8. The maximum Gasteiger partial charge on any atom is 0.338 e. The maximum atomic E-state index is 12.6. The zero-order chi connectivity index (χ0) is 36.1. The van der Waals surface area contributed by atoms with Gasteiger partial charge in [0.2, 0.25) is 0 Å². The van der Waals surface area contributed by atoms with E-state index in [2.05, 4.69) is 26.6 Å². The van der Waals surface area contributed by atoms with Crippen molar-refractivity contribution < 1.29 is 24.2 Å². The third-order valence-electron chi connectivity index (χ3n) is 8.21. The molecule has 256 valence electrons. The zero-order valence-corrected chi connectivity index (χ0v) is 29.0. The molecule has 0 spiro atoms. The Morgan fingerprint density at radius 1 is 0.860 bits per heavy atom. The lowest BCUT2D eigenvalue weighted by atomic mass is 10.1. The van der Waals surface area contributed by atoms with Crippen LogP contribution in [0.5, 0.6) is 0 Å². The lowest BCUT2D eigenvalue weighted by molar-refractivity contribution is -0.385. The third kappa shape index (κ3) is 7.20. The first kappa shape index (κ1) is 35.3. The largest absolute Gasteiger partial charge is 0.462 e. The number of aromatic nitrogens is 2. The number of carbonyl (C=O) groups excluding carboxylic acids is 2. The number of nitrogen functional groups attached to an aromatic ring is 1. The molecule has 0 bridgehead atoms. The van der Waals surface area contributed by atoms with E-state index in [-0.39, 0.29) is 41.3 Å². The van der Waals surface area contributed by atoms with E-state index < -0.39 is 15.8 Å². The molecule has 0 fully saturated rings. The van der Waals surface area contributed by atoms with Gasteiger partial charge in [-0.1, -0.05) is 40.2 Å². The molecular formula is C36H33BrN6O7. The average Bonchev–Trinajstić information content (AvgIpc) is 3.78. The summed E-state index contributed by atoms with van der Waals surface area (Å²) in [5.74, 6) is -0.738. The second-order valence-corrected chi connectivity index (χ2v) is 11.8. The number of aryl methyl sites for hydroxylation is 2. The minimum atomic E-state index is -0.541. The van der Waals surface area contributed by atoms with Gasteiger partial charge in [0, 0.05) is 66.4 Å². The molecule has 7 rings (SSSR count). The number of ether oxygens (including phenoxy) is 1.